The maximum atomic E-state index is 14.5. The first-order valence-electron chi connectivity index (χ1n) is 9.82. The van der Waals surface area contributed by atoms with Crippen molar-refractivity contribution in [3.8, 4) is 0 Å². The molecule has 2 N–H and O–H groups in total. The summed E-state index contributed by atoms with van der Waals surface area (Å²) in [5.41, 5.74) is 2.13. The van der Waals surface area contributed by atoms with Gasteiger partial charge in [0.25, 0.3) is 5.91 Å². The largest absolute Gasteiger partial charge is 0.349 e. The summed E-state index contributed by atoms with van der Waals surface area (Å²) in [6, 6.07) is 8.51. The van der Waals surface area contributed by atoms with Crippen molar-refractivity contribution >= 4 is 28.4 Å². The molecular weight excluding hydrogens is 387 g/mol. The molecule has 1 fully saturated rings. The maximum absolute atomic E-state index is 14.5. The zero-order chi connectivity index (χ0) is 21.5. The highest BCUT2D eigenvalue weighted by Gasteiger charge is 2.33. The summed E-state index contributed by atoms with van der Waals surface area (Å²) in [6.45, 7) is 6.20. The average Bonchev–Trinajstić information content (AvgIpc) is 3.19. The second-order valence-electron chi connectivity index (χ2n) is 7.93. The molecule has 2 aromatic heterocycles. The van der Waals surface area contributed by atoms with Crippen LogP contribution in [-0.4, -0.2) is 40.5 Å². The number of benzene rings is 1. The predicted molar refractivity (Wildman–Crippen MR) is 112 cm³/mol. The molecule has 30 heavy (non-hydrogen) atoms. The summed E-state index contributed by atoms with van der Waals surface area (Å²) in [6.07, 6.45) is 1.43. The summed E-state index contributed by atoms with van der Waals surface area (Å²) in [4.78, 5) is 17.5. The topological polar surface area (TPSA) is 77.4 Å². The summed E-state index contributed by atoms with van der Waals surface area (Å²) in [5, 5.41) is 6.67. The van der Waals surface area contributed by atoms with Gasteiger partial charge in [-0.1, -0.05) is 6.07 Å². The van der Waals surface area contributed by atoms with E-state index in [9.17, 15) is 9.18 Å². The van der Waals surface area contributed by atoms with E-state index in [-0.39, 0.29) is 17.7 Å². The second kappa shape index (κ2) is 7.70. The Bertz CT molecular complexity index is 1110. The standard InChI is InChI=1S/C22H25FN4O3/c1-13-7-8-17(16(23)10-13)26-20-18(15-6-5-9-24-19(15)27(20)4)21(28)25-11-14-12-29-22(2,3)30-14/h5-10,14,26H,11-12H2,1-4H3,(H,25,28). The van der Waals surface area contributed by atoms with Crippen molar-refractivity contribution in [3.63, 3.8) is 0 Å². The number of rotatable bonds is 5. The van der Waals surface area contributed by atoms with Gasteiger partial charge in [0.2, 0.25) is 0 Å². The number of halogens is 1. The monoisotopic (exact) mass is 412 g/mol. The number of amides is 1. The van der Waals surface area contributed by atoms with Crippen LogP contribution >= 0.6 is 0 Å². The molecule has 8 heteroatoms. The Hall–Kier alpha value is -2.97. The molecule has 1 atom stereocenters. The molecule has 1 amide bonds. The van der Waals surface area contributed by atoms with Gasteiger partial charge < -0.3 is 24.7 Å². The summed E-state index contributed by atoms with van der Waals surface area (Å²) < 4.78 is 27.5. The number of nitrogens with one attached hydrogen (secondary N) is 2. The van der Waals surface area contributed by atoms with Gasteiger partial charge in [-0.2, -0.15) is 0 Å². The van der Waals surface area contributed by atoms with Crippen LogP contribution < -0.4 is 10.6 Å². The van der Waals surface area contributed by atoms with Gasteiger partial charge >= 0.3 is 0 Å². The van der Waals surface area contributed by atoms with Gasteiger partial charge in [0.05, 0.1) is 17.9 Å². The minimum absolute atomic E-state index is 0.233. The molecule has 158 valence electrons. The van der Waals surface area contributed by atoms with E-state index >= 15 is 0 Å². The van der Waals surface area contributed by atoms with Crippen LogP contribution in [0.2, 0.25) is 0 Å². The highest BCUT2D eigenvalue weighted by atomic mass is 19.1. The number of hydrogen-bond donors (Lipinski definition) is 2. The van der Waals surface area contributed by atoms with Gasteiger partial charge in [-0.15, -0.1) is 0 Å². The molecule has 3 aromatic rings. The van der Waals surface area contributed by atoms with Crippen LogP contribution in [0.3, 0.4) is 0 Å². The minimum atomic E-state index is -0.658. The highest BCUT2D eigenvalue weighted by molar-refractivity contribution is 6.11. The number of pyridine rings is 1. The fourth-order valence-corrected chi connectivity index (χ4v) is 3.64. The summed E-state index contributed by atoms with van der Waals surface area (Å²) >= 11 is 0. The van der Waals surface area contributed by atoms with Crippen LogP contribution in [0.4, 0.5) is 15.9 Å². The summed E-state index contributed by atoms with van der Waals surface area (Å²) in [7, 11) is 1.79. The fraction of sp³-hybridized carbons (Fsp3) is 0.364. The number of nitrogens with zero attached hydrogens (tertiary/aromatic N) is 2. The Morgan fingerprint density at radius 3 is 2.87 bits per heavy atom. The number of aryl methyl sites for hydroxylation is 2. The normalized spacial score (nSPS) is 18.0. The van der Waals surface area contributed by atoms with E-state index in [4.69, 9.17) is 9.47 Å². The number of carbonyl (C=O) groups excluding carboxylic acids is 1. The van der Waals surface area contributed by atoms with Crippen LogP contribution in [0.1, 0.15) is 29.8 Å². The lowest BCUT2D eigenvalue weighted by molar-refractivity contribution is -0.137. The Labute approximate surface area is 174 Å². The number of fused-ring (bicyclic) bond motifs is 1. The smallest absolute Gasteiger partial charge is 0.255 e. The molecule has 4 rings (SSSR count). The van der Waals surface area contributed by atoms with E-state index in [1.54, 1.807) is 29.9 Å². The summed E-state index contributed by atoms with van der Waals surface area (Å²) in [5.74, 6) is -0.878. The predicted octanol–water partition coefficient (Wildman–Crippen LogP) is 3.65. The minimum Gasteiger partial charge on any atom is -0.349 e. The molecule has 0 radical (unpaired) electrons. The van der Waals surface area contributed by atoms with Crippen molar-refractivity contribution < 1.29 is 18.7 Å². The van der Waals surface area contributed by atoms with Crippen LogP contribution in [0.15, 0.2) is 36.5 Å². The molecule has 0 saturated carbocycles. The molecular formula is C22H25FN4O3. The van der Waals surface area contributed by atoms with E-state index < -0.39 is 11.6 Å². The van der Waals surface area contributed by atoms with Crippen LogP contribution in [-0.2, 0) is 16.5 Å². The van der Waals surface area contributed by atoms with Crippen molar-refractivity contribution in [1.29, 1.82) is 0 Å². The molecule has 0 spiro atoms. The van der Waals surface area contributed by atoms with Crippen LogP contribution in [0, 0.1) is 12.7 Å². The van der Waals surface area contributed by atoms with Crippen LogP contribution in [0.5, 0.6) is 0 Å². The second-order valence-corrected chi connectivity index (χ2v) is 7.93. The van der Waals surface area contributed by atoms with Crippen molar-refractivity contribution in [2.75, 3.05) is 18.5 Å². The van der Waals surface area contributed by atoms with Crippen molar-refractivity contribution in [1.82, 2.24) is 14.9 Å². The molecule has 1 aliphatic rings. The molecule has 7 nitrogen and oxygen atoms in total. The zero-order valence-corrected chi connectivity index (χ0v) is 17.5. The number of anilines is 2. The lowest BCUT2D eigenvalue weighted by atomic mass is 10.1. The quantitative estimate of drug-likeness (QED) is 0.669. The van der Waals surface area contributed by atoms with Gasteiger partial charge in [0.15, 0.2) is 5.79 Å². The molecule has 0 aliphatic carbocycles. The molecule has 1 aliphatic heterocycles. The molecule has 1 aromatic carbocycles. The van der Waals surface area contributed by atoms with E-state index in [1.807, 2.05) is 32.9 Å². The third-order valence-corrected chi connectivity index (χ3v) is 5.11. The Morgan fingerprint density at radius 1 is 1.37 bits per heavy atom. The molecule has 0 bridgehead atoms. The Kier molecular flexibility index (Phi) is 5.21. The maximum Gasteiger partial charge on any atom is 0.255 e. The van der Waals surface area contributed by atoms with Crippen molar-refractivity contribution in [3.05, 3.63) is 53.5 Å². The number of ether oxygens (including phenoxy) is 2. The Balaban J connectivity index is 1.66. The van der Waals surface area contributed by atoms with Gasteiger partial charge in [0.1, 0.15) is 23.4 Å². The first kappa shape index (κ1) is 20.3. The van der Waals surface area contributed by atoms with Gasteiger partial charge in [0, 0.05) is 25.2 Å². The lowest BCUT2D eigenvalue weighted by Gasteiger charge is -2.17. The van der Waals surface area contributed by atoms with Gasteiger partial charge in [-0.05, 0) is 50.6 Å². The lowest BCUT2D eigenvalue weighted by Crippen LogP contribution is -2.34. The van der Waals surface area contributed by atoms with E-state index in [0.29, 0.717) is 35.6 Å². The first-order valence-corrected chi connectivity index (χ1v) is 9.82. The third kappa shape index (κ3) is 3.88. The Morgan fingerprint density at radius 2 is 2.17 bits per heavy atom. The highest BCUT2D eigenvalue weighted by Crippen LogP contribution is 2.31. The van der Waals surface area contributed by atoms with E-state index in [0.717, 1.165) is 5.56 Å². The molecule has 1 saturated heterocycles. The average molecular weight is 412 g/mol. The first-order chi connectivity index (χ1) is 14.2. The van der Waals surface area contributed by atoms with Crippen molar-refractivity contribution in [2.24, 2.45) is 7.05 Å². The van der Waals surface area contributed by atoms with Gasteiger partial charge in [-0.3, -0.25) is 4.79 Å². The van der Waals surface area contributed by atoms with Crippen molar-refractivity contribution in [2.45, 2.75) is 32.7 Å². The van der Waals surface area contributed by atoms with Crippen LogP contribution in [0.25, 0.3) is 11.0 Å². The zero-order valence-electron chi connectivity index (χ0n) is 17.5. The number of carbonyl (C=O) groups is 1. The van der Waals surface area contributed by atoms with E-state index in [2.05, 4.69) is 15.6 Å². The van der Waals surface area contributed by atoms with Gasteiger partial charge in [-0.25, -0.2) is 9.37 Å². The van der Waals surface area contributed by atoms with E-state index in [1.165, 1.54) is 6.07 Å². The number of hydrogen-bond acceptors (Lipinski definition) is 5. The number of aromatic nitrogens is 2. The SMILES string of the molecule is Cc1ccc(Nc2c(C(=O)NCC3COC(C)(C)O3)c3cccnc3n2C)c(F)c1. The molecule has 3 heterocycles. The third-order valence-electron chi connectivity index (χ3n) is 5.11. The fourth-order valence-electron chi connectivity index (χ4n) is 3.64. The molecule has 1 unspecified atom stereocenters.